The number of aromatic nitrogens is 4. The molecule has 1 aliphatic rings. The summed E-state index contributed by atoms with van der Waals surface area (Å²) in [5.74, 6) is 0.962. The lowest BCUT2D eigenvalue weighted by Gasteiger charge is -2.32. The number of H-pyrrole nitrogens is 2. The summed E-state index contributed by atoms with van der Waals surface area (Å²) in [4.78, 5) is 21.2. The molecule has 3 aromatic heterocycles. The van der Waals surface area contributed by atoms with Gasteiger partial charge in [0.05, 0.1) is 11.6 Å². The van der Waals surface area contributed by atoms with Crippen LogP contribution in [0.25, 0.3) is 33.3 Å². The van der Waals surface area contributed by atoms with E-state index in [1.807, 2.05) is 30.5 Å². The number of nitrogens with one attached hydrogen (secondary N) is 2. The van der Waals surface area contributed by atoms with Crippen LogP contribution in [0.4, 0.5) is 5.82 Å². The van der Waals surface area contributed by atoms with Crippen LogP contribution in [0.15, 0.2) is 59.7 Å². The van der Waals surface area contributed by atoms with E-state index >= 15 is 0 Å². The lowest BCUT2D eigenvalue weighted by molar-refractivity contribution is 0.0818. The van der Waals surface area contributed by atoms with Gasteiger partial charge in [0.15, 0.2) is 0 Å². The first-order chi connectivity index (χ1) is 14.7. The summed E-state index contributed by atoms with van der Waals surface area (Å²) in [6.45, 7) is 1.87. The molecule has 0 amide bonds. The van der Waals surface area contributed by atoms with Crippen molar-refractivity contribution in [1.29, 1.82) is 0 Å². The Bertz CT molecular complexity index is 1240. The molecule has 5 rings (SSSR count). The topological polar surface area (TPSA) is 86.9 Å². The van der Waals surface area contributed by atoms with Gasteiger partial charge >= 0.3 is 0 Å². The van der Waals surface area contributed by atoms with Gasteiger partial charge in [-0.05, 0) is 54.3 Å². The smallest absolute Gasteiger partial charge is 0.248 e. The third-order valence-electron chi connectivity index (χ3n) is 5.79. The van der Waals surface area contributed by atoms with Crippen LogP contribution in [0.2, 0.25) is 0 Å². The number of ether oxygens (including phenoxy) is 1. The van der Waals surface area contributed by atoms with E-state index in [1.165, 1.54) is 0 Å². The molecule has 0 atom stereocenters. The number of nitrogens with zero attached hydrogens (tertiary/aromatic N) is 3. The van der Waals surface area contributed by atoms with Crippen LogP contribution in [0.3, 0.4) is 0 Å². The second-order valence-corrected chi connectivity index (χ2v) is 7.60. The molecule has 0 spiro atoms. The zero-order valence-corrected chi connectivity index (χ0v) is 16.8. The van der Waals surface area contributed by atoms with Crippen LogP contribution < -0.4 is 10.5 Å². The van der Waals surface area contributed by atoms with E-state index in [9.17, 15) is 4.79 Å². The number of pyridine rings is 2. The zero-order valence-electron chi connectivity index (χ0n) is 16.8. The van der Waals surface area contributed by atoms with Crippen molar-refractivity contribution in [1.82, 2.24) is 20.2 Å². The van der Waals surface area contributed by atoms with Crippen molar-refractivity contribution in [3.8, 4) is 22.4 Å². The van der Waals surface area contributed by atoms with Crippen molar-refractivity contribution in [2.24, 2.45) is 0 Å². The van der Waals surface area contributed by atoms with E-state index in [2.05, 4.69) is 37.2 Å². The normalized spacial score (nSPS) is 15.0. The van der Waals surface area contributed by atoms with Gasteiger partial charge in [-0.25, -0.2) is 4.98 Å². The SMILES string of the molecule is COC1CCN(c2cc(-c3n[nH]c4ccc(-c5cc[nH]c(=O)c5)cc34)ccn2)CC1. The molecule has 0 aliphatic carbocycles. The molecule has 7 nitrogen and oxygen atoms in total. The van der Waals surface area contributed by atoms with Crippen molar-refractivity contribution in [3.05, 3.63) is 65.2 Å². The minimum atomic E-state index is -0.115. The number of fused-ring (bicyclic) bond motifs is 1. The summed E-state index contributed by atoms with van der Waals surface area (Å²) < 4.78 is 5.48. The minimum absolute atomic E-state index is 0.115. The Morgan fingerprint density at radius 1 is 1.03 bits per heavy atom. The Hall–Kier alpha value is -3.45. The van der Waals surface area contributed by atoms with E-state index in [-0.39, 0.29) is 5.56 Å². The molecule has 4 aromatic rings. The van der Waals surface area contributed by atoms with Gasteiger partial charge in [0, 0.05) is 49.6 Å². The van der Waals surface area contributed by atoms with Crippen LogP contribution in [0, 0.1) is 0 Å². The molecule has 30 heavy (non-hydrogen) atoms. The van der Waals surface area contributed by atoms with Crippen LogP contribution in [-0.4, -0.2) is 46.5 Å². The Balaban J connectivity index is 1.50. The summed E-state index contributed by atoms with van der Waals surface area (Å²) in [6, 6.07) is 13.7. The van der Waals surface area contributed by atoms with E-state index in [0.29, 0.717) is 6.10 Å². The lowest BCUT2D eigenvalue weighted by atomic mass is 10.0. The highest BCUT2D eigenvalue weighted by Crippen LogP contribution is 2.31. The summed E-state index contributed by atoms with van der Waals surface area (Å²) in [5, 5.41) is 8.71. The maximum Gasteiger partial charge on any atom is 0.248 e. The van der Waals surface area contributed by atoms with E-state index in [1.54, 1.807) is 19.4 Å². The molecule has 4 heterocycles. The zero-order chi connectivity index (χ0) is 20.5. The van der Waals surface area contributed by atoms with Gasteiger partial charge in [-0.1, -0.05) is 6.07 Å². The van der Waals surface area contributed by atoms with Crippen molar-refractivity contribution >= 4 is 16.7 Å². The van der Waals surface area contributed by atoms with Gasteiger partial charge in [0.25, 0.3) is 0 Å². The van der Waals surface area contributed by atoms with Crippen molar-refractivity contribution < 1.29 is 4.74 Å². The first-order valence-electron chi connectivity index (χ1n) is 10.1. The van der Waals surface area contributed by atoms with Crippen LogP contribution >= 0.6 is 0 Å². The number of anilines is 1. The van der Waals surface area contributed by atoms with Gasteiger partial charge < -0.3 is 14.6 Å². The average molecular weight is 401 g/mol. The highest BCUT2D eigenvalue weighted by Gasteiger charge is 2.20. The molecule has 0 unspecified atom stereocenters. The number of rotatable bonds is 4. The second-order valence-electron chi connectivity index (χ2n) is 7.60. The first-order valence-corrected chi connectivity index (χ1v) is 10.1. The summed E-state index contributed by atoms with van der Waals surface area (Å²) >= 11 is 0. The minimum Gasteiger partial charge on any atom is -0.381 e. The Morgan fingerprint density at radius 3 is 2.67 bits per heavy atom. The first kappa shape index (κ1) is 18.6. The average Bonchev–Trinajstić information content (AvgIpc) is 3.22. The largest absolute Gasteiger partial charge is 0.381 e. The fourth-order valence-electron chi connectivity index (χ4n) is 4.10. The fraction of sp³-hybridized carbons (Fsp3) is 0.261. The molecule has 0 bridgehead atoms. The molecular formula is C23H23N5O2. The van der Waals surface area contributed by atoms with Gasteiger partial charge in [-0.3, -0.25) is 9.89 Å². The maximum absolute atomic E-state index is 11.7. The molecule has 7 heteroatoms. The summed E-state index contributed by atoms with van der Waals surface area (Å²) in [5.41, 5.74) is 4.60. The summed E-state index contributed by atoms with van der Waals surface area (Å²) in [7, 11) is 1.78. The van der Waals surface area contributed by atoms with Crippen molar-refractivity contribution in [2.45, 2.75) is 18.9 Å². The van der Waals surface area contributed by atoms with Crippen molar-refractivity contribution in [3.63, 3.8) is 0 Å². The Kier molecular flexibility index (Phi) is 4.80. The van der Waals surface area contributed by atoms with Gasteiger partial charge in [-0.15, -0.1) is 0 Å². The van der Waals surface area contributed by atoms with E-state index in [4.69, 9.17) is 4.74 Å². The number of hydrogen-bond donors (Lipinski definition) is 2. The maximum atomic E-state index is 11.7. The number of aromatic amines is 2. The third kappa shape index (κ3) is 3.48. The third-order valence-corrected chi connectivity index (χ3v) is 5.79. The monoisotopic (exact) mass is 401 g/mol. The number of methoxy groups -OCH3 is 1. The van der Waals surface area contributed by atoms with Crippen LogP contribution in [-0.2, 0) is 4.74 Å². The number of hydrogen-bond acceptors (Lipinski definition) is 5. The number of piperidine rings is 1. The molecule has 1 fully saturated rings. The highest BCUT2D eigenvalue weighted by atomic mass is 16.5. The predicted octanol–water partition coefficient (Wildman–Crippen LogP) is 3.60. The van der Waals surface area contributed by atoms with Crippen LogP contribution in [0.5, 0.6) is 0 Å². The van der Waals surface area contributed by atoms with Crippen molar-refractivity contribution in [2.75, 3.05) is 25.1 Å². The molecule has 0 saturated carbocycles. The Morgan fingerprint density at radius 2 is 1.87 bits per heavy atom. The molecular weight excluding hydrogens is 378 g/mol. The van der Waals surface area contributed by atoms with E-state index in [0.717, 1.165) is 65.0 Å². The van der Waals surface area contributed by atoms with E-state index < -0.39 is 0 Å². The standard InChI is InChI=1S/C23H23N5O2/c1-30-18-6-10-28(11-7-18)21-13-17(5-8-24-21)23-19-12-15(2-3-20(19)26-27-23)16-4-9-25-22(29)14-16/h2-5,8-9,12-14,18H,6-7,10-11H2,1H3,(H,25,29)(H,26,27). The molecule has 0 radical (unpaired) electrons. The second kappa shape index (κ2) is 7.76. The molecule has 152 valence electrons. The van der Waals surface area contributed by atoms with Crippen LogP contribution in [0.1, 0.15) is 12.8 Å². The molecule has 2 N–H and O–H groups in total. The lowest BCUT2D eigenvalue weighted by Crippen LogP contribution is -2.37. The predicted molar refractivity (Wildman–Crippen MR) is 118 cm³/mol. The van der Waals surface area contributed by atoms with Gasteiger partial charge in [0.2, 0.25) is 5.56 Å². The fourth-order valence-corrected chi connectivity index (χ4v) is 4.10. The van der Waals surface area contributed by atoms with Gasteiger partial charge in [0.1, 0.15) is 11.5 Å². The quantitative estimate of drug-likeness (QED) is 0.546. The Labute approximate surface area is 173 Å². The van der Waals surface area contributed by atoms with Gasteiger partial charge in [-0.2, -0.15) is 5.10 Å². The summed E-state index contributed by atoms with van der Waals surface area (Å²) in [6.07, 6.45) is 5.86. The number of benzene rings is 1. The highest BCUT2D eigenvalue weighted by molar-refractivity contribution is 5.95. The molecule has 1 aromatic carbocycles. The molecule has 1 aliphatic heterocycles. The molecule has 1 saturated heterocycles.